The number of nitrogens with two attached hydrogens (primary N) is 1. The maximum atomic E-state index is 12.0. The average Bonchev–Trinajstić information content (AvgIpc) is 2.76. The Labute approximate surface area is 121 Å². The number of fused-ring (bicyclic) bond motifs is 1. The van der Waals surface area contributed by atoms with Crippen LogP contribution < -0.4 is 11.1 Å². The third kappa shape index (κ3) is 3.79. The van der Waals surface area contributed by atoms with E-state index < -0.39 is 0 Å². The quantitative estimate of drug-likeness (QED) is 0.632. The zero-order valence-corrected chi connectivity index (χ0v) is 12.1. The van der Waals surface area contributed by atoms with Gasteiger partial charge in [-0.25, -0.2) is 4.98 Å². The molecule has 0 aliphatic carbocycles. The van der Waals surface area contributed by atoms with E-state index >= 15 is 0 Å². The summed E-state index contributed by atoms with van der Waals surface area (Å²) < 4.78 is 6.23. The Balaban J connectivity index is 1.89. The third-order valence-corrected chi connectivity index (χ3v) is 3.39. The van der Waals surface area contributed by atoms with E-state index in [4.69, 9.17) is 10.5 Å². The molecule has 0 aliphatic rings. The molecule has 1 aromatic heterocycles. The summed E-state index contributed by atoms with van der Waals surface area (Å²) in [7, 11) is 0. The Morgan fingerprint density at radius 2 is 2.35 bits per heavy atom. The molecular formula is C14H17N3O2S. The fourth-order valence-corrected chi connectivity index (χ4v) is 2.44. The topological polar surface area (TPSA) is 77.2 Å². The number of ether oxygens (including phenoxy) is 1. The van der Waals surface area contributed by atoms with Gasteiger partial charge in [-0.1, -0.05) is 23.5 Å². The standard InChI is InChI=1S/C14H17N3O2S/c1-9(2)8-19-6-5-16-13(18)10-3-4-11-12(7-10)20-14(15)17-11/h3-4,7H,1,5-6,8H2,2H3,(H2,15,17)(H,16,18). The van der Waals surface area contributed by atoms with E-state index in [2.05, 4.69) is 16.9 Å². The van der Waals surface area contributed by atoms with Gasteiger partial charge in [0, 0.05) is 12.1 Å². The Morgan fingerprint density at radius 1 is 1.55 bits per heavy atom. The van der Waals surface area contributed by atoms with Crippen LogP contribution in [0.4, 0.5) is 5.13 Å². The number of carbonyl (C=O) groups is 1. The lowest BCUT2D eigenvalue weighted by atomic mass is 10.2. The number of nitrogens with one attached hydrogen (secondary N) is 1. The fourth-order valence-electron chi connectivity index (χ4n) is 1.67. The molecule has 0 saturated heterocycles. The number of thiazole rings is 1. The van der Waals surface area contributed by atoms with Crippen LogP contribution in [0.2, 0.25) is 0 Å². The molecule has 2 aromatic rings. The lowest BCUT2D eigenvalue weighted by Crippen LogP contribution is -2.27. The molecule has 2 rings (SSSR count). The summed E-state index contributed by atoms with van der Waals surface area (Å²) in [5.74, 6) is -0.127. The van der Waals surface area contributed by atoms with E-state index in [1.165, 1.54) is 11.3 Å². The third-order valence-electron chi connectivity index (χ3n) is 2.55. The van der Waals surface area contributed by atoms with Gasteiger partial charge in [0.2, 0.25) is 0 Å². The van der Waals surface area contributed by atoms with E-state index in [0.29, 0.717) is 30.5 Å². The molecule has 106 valence electrons. The van der Waals surface area contributed by atoms with Gasteiger partial charge in [-0.05, 0) is 25.1 Å². The van der Waals surface area contributed by atoms with Crippen molar-refractivity contribution in [2.24, 2.45) is 0 Å². The maximum Gasteiger partial charge on any atom is 0.251 e. The lowest BCUT2D eigenvalue weighted by Gasteiger charge is -2.06. The van der Waals surface area contributed by atoms with Gasteiger partial charge in [-0.3, -0.25) is 4.79 Å². The second-order valence-corrected chi connectivity index (χ2v) is 5.56. The Hall–Kier alpha value is -1.92. The van der Waals surface area contributed by atoms with Crippen LogP contribution in [-0.4, -0.2) is 30.6 Å². The molecule has 0 bridgehead atoms. The highest BCUT2D eigenvalue weighted by Gasteiger charge is 2.08. The van der Waals surface area contributed by atoms with Crippen molar-refractivity contribution in [1.82, 2.24) is 10.3 Å². The summed E-state index contributed by atoms with van der Waals surface area (Å²) >= 11 is 1.37. The number of hydrogen-bond donors (Lipinski definition) is 2. The molecule has 0 atom stereocenters. The van der Waals surface area contributed by atoms with Gasteiger partial charge < -0.3 is 15.8 Å². The largest absolute Gasteiger partial charge is 0.375 e. The monoisotopic (exact) mass is 291 g/mol. The zero-order valence-electron chi connectivity index (χ0n) is 11.3. The van der Waals surface area contributed by atoms with Crippen molar-refractivity contribution >= 4 is 32.6 Å². The van der Waals surface area contributed by atoms with Crippen LogP contribution in [0.1, 0.15) is 17.3 Å². The number of nitrogens with zero attached hydrogens (tertiary/aromatic N) is 1. The van der Waals surface area contributed by atoms with Crippen LogP contribution in [0, 0.1) is 0 Å². The smallest absolute Gasteiger partial charge is 0.251 e. The van der Waals surface area contributed by atoms with Crippen molar-refractivity contribution in [3.8, 4) is 0 Å². The van der Waals surface area contributed by atoms with Gasteiger partial charge in [0.05, 0.1) is 23.4 Å². The van der Waals surface area contributed by atoms with Crippen LogP contribution in [-0.2, 0) is 4.74 Å². The second-order valence-electron chi connectivity index (χ2n) is 4.50. The van der Waals surface area contributed by atoms with Gasteiger partial charge in [-0.15, -0.1) is 0 Å². The maximum absolute atomic E-state index is 12.0. The van der Waals surface area contributed by atoms with Crippen LogP contribution in [0.3, 0.4) is 0 Å². The molecule has 1 aromatic carbocycles. The van der Waals surface area contributed by atoms with Crippen molar-refractivity contribution < 1.29 is 9.53 Å². The van der Waals surface area contributed by atoms with E-state index in [-0.39, 0.29) is 5.91 Å². The molecule has 3 N–H and O–H groups in total. The molecule has 6 heteroatoms. The number of nitrogen functional groups attached to an aromatic ring is 1. The number of carbonyl (C=O) groups excluding carboxylic acids is 1. The minimum Gasteiger partial charge on any atom is -0.375 e. The number of amides is 1. The van der Waals surface area contributed by atoms with Crippen LogP contribution in [0.15, 0.2) is 30.4 Å². The first-order valence-electron chi connectivity index (χ1n) is 6.22. The van der Waals surface area contributed by atoms with Crippen molar-refractivity contribution in [1.29, 1.82) is 0 Å². The zero-order chi connectivity index (χ0) is 14.5. The average molecular weight is 291 g/mol. The Kier molecular flexibility index (Phi) is 4.70. The Bertz CT molecular complexity index is 636. The first kappa shape index (κ1) is 14.5. The lowest BCUT2D eigenvalue weighted by molar-refractivity contribution is 0.0927. The number of hydrogen-bond acceptors (Lipinski definition) is 5. The summed E-state index contributed by atoms with van der Waals surface area (Å²) in [6.07, 6.45) is 0. The van der Waals surface area contributed by atoms with Gasteiger partial charge in [0.25, 0.3) is 5.91 Å². The molecule has 0 saturated carbocycles. The highest BCUT2D eigenvalue weighted by Crippen LogP contribution is 2.24. The molecule has 0 spiro atoms. The minimum atomic E-state index is -0.127. The van der Waals surface area contributed by atoms with Crippen LogP contribution >= 0.6 is 11.3 Å². The predicted molar refractivity (Wildman–Crippen MR) is 82.0 cm³/mol. The van der Waals surface area contributed by atoms with E-state index in [1.807, 2.05) is 6.92 Å². The molecule has 1 heterocycles. The summed E-state index contributed by atoms with van der Waals surface area (Å²) in [5, 5.41) is 3.31. The predicted octanol–water partition coefficient (Wildman–Crippen LogP) is 2.20. The number of anilines is 1. The van der Waals surface area contributed by atoms with E-state index in [9.17, 15) is 4.79 Å². The molecule has 0 aliphatic heterocycles. The van der Waals surface area contributed by atoms with E-state index in [1.54, 1.807) is 18.2 Å². The van der Waals surface area contributed by atoms with Crippen molar-refractivity contribution in [3.63, 3.8) is 0 Å². The molecule has 0 radical (unpaired) electrons. The summed E-state index contributed by atoms with van der Waals surface area (Å²) in [6.45, 7) is 7.09. The summed E-state index contributed by atoms with van der Waals surface area (Å²) in [6, 6.07) is 5.34. The van der Waals surface area contributed by atoms with Crippen LogP contribution in [0.5, 0.6) is 0 Å². The molecule has 0 unspecified atom stereocenters. The summed E-state index contributed by atoms with van der Waals surface area (Å²) in [5.41, 5.74) is 8.01. The second kappa shape index (κ2) is 6.49. The minimum absolute atomic E-state index is 0.127. The highest BCUT2D eigenvalue weighted by molar-refractivity contribution is 7.22. The molecule has 20 heavy (non-hydrogen) atoms. The molecule has 5 nitrogen and oxygen atoms in total. The van der Waals surface area contributed by atoms with Gasteiger partial charge in [-0.2, -0.15) is 0 Å². The number of aromatic nitrogens is 1. The molecular weight excluding hydrogens is 274 g/mol. The number of benzene rings is 1. The fraction of sp³-hybridized carbons (Fsp3) is 0.286. The number of rotatable bonds is 6. The molecule has 0 fully saturated rings. The first-order valence-corrected chi connectivity index (χ1v) is 7.04. The summed E-state index contributed by atoms with van der Waals surface area (Å²) in [4.78, 5) is 16.1. The van der Waals surface area contributed by atoms with Gasteiger partial charge in [0.15, 0.2) is 5.13 Å². The van der Waals surface area contributed by atoms with Gasteiger partial charge >= 0.3 is 0 Å². The van der Waals surface area contributed by atoms with Crippen LogP contribution in [0.25, 0.3) is 10.2 Å². The first-order chi connectivity index (χ1) is 9.56. The van der Waals surface area contributed by atoms with Crippen molar-refractivity contribution in [3.05, 3.63) is 35.9 Å². The highest BCUT2D eigenvalue weighted by atomic mass is 32.1. The van der Waals surface area contributed by atoms with E-state index in [0.717, 1.165) is 15.8 Å². The Morgan fingerprint density at radius 3 is 3.10 bits per heavy atom. The normalized spacial score (nSPS) is 10.7. The SMILES string of the molecule is C=C(C)COCCNC(=O)c1ccc2nc(N)sc2c1. The van der Waals surface area contributed by atoms with Crippen molar-refractivity contribution in [2.45, 2.75) is 6.92 Å². The van der Waals surface area contributed by atoms with Crippen molar-refractivity contribution in [2.75, 3.05) is 25.5 Å². The van der Waals surface area contributed by atoms with Gasteiger partial charge in [0.1, 0.15) is 0 Å². The molecule has 1 amide bonds.